The first-order valence-electron chi connectivity index (χ1n) is 9.54. The maximum Gasteiger partial charge on any atom is 0.206 e. The van der Waals surface area contributed by atoms with Gasteiger partial charge in [-0.3, -0.25) is 10.5 Å². The molecule has 2 N–H and O–H groups in total. The molecule has 2 atom stereocenters. The molecule has 0 aliphatic carbocycles. The smallest absolute Gasteiger partial charge is 0.206 e. The Kier molecular flexibility index (Phi) is 7.35. The number of carbonyl (C=O) groups excluding carboxylic acids is 2. The number of benzene rings is 1. The Morgan fingerprint density at radius 2 is 1.63 bits per heavy atom. The number of rotatable bonds is 7. The van der Waals surface area contributed by atoms with Gasteiger partial charge < -0.3 is 4.74 Å². The molecule has 1 aromatic carbocycles. The van der Waals surface area contributed by atoms with Crippen molar-refractivity contribution in [3.05, 3.63) is 41.0 Å². The maximum absolute atomic E-state index is 11.8. The zero-order valence-corrected chi connectivity index (χ0v) is 18.1. The van der Waals surface area contributed by atoms with E-state index in [1.807, 2.05) is 19.8 Å². The second-order valence-electron chi connectivity index (χ2n) is 9.64. The minimum absolute atomic E-state index is 0.0777. The van der Waals surface area contributed by atoms with Crippen LogP contribution in [-0.2, 0) is 26.2 Å². The van der Waals surface area contributed by atoms with Crippen LogP contribution in [0.3, 0.4) is 0 Å². The fraction of sp³-hybridized carbons (Fsp3) is 0.609. The molecule has 0 radical (unpaired) electrons. The van der Waals surface area contributed by atoms with Crippen molar-refractivity contribution in [1.29, 1.82) is 0 Å². The van der Waals surface area contributed by atoms with E-state index in [4.69, 9.17) is 10.5 Å². The van der Waals surface area contributed by atoms with E-state index in [2.05, 4.69) is 45.0 Å². The number of hydrogen-bond acceptors (Lipinski definition) is 4. The van der Waals surface area contributed by atoms with Gasteiger partial charge in [-0.1, -0.05) is 58.9 Å². The van der Waals surface area contributed by atoms with Crippen LogP contribution in [0, 0.1) is 11.8 Å². The van der Waals surface area contributed by atoms with Crippen molar-refractivity contribution in [2.75, 3.05) is 0 Å². The van der Waals surface area contributed by atoms with Gasteiger partial charge in [0.05, 0.1) is 11.2 Å². The van der Waals surface area contributed by atoms with Gasteiger partial charge in [0.15, 0.2) is 6.29 Å². The van der Waals surface area contributed by atoms with Gasteiger partial charge in [0.25, 0.3) is 0 Å². The van der Waals surface area contributed by atoms with Crippen LogP contribution in [0.4, 0.5) is 0 Å². The lowest BCUT2D eigenvalue weighted by atomic mass is 9.79. The monoisotopic (exact) mass is 373 g/mol. The second kappa shape index (κ2) is 8.52. The Hall–Kier alpha value is -1.74. The molecule has 0 fully saturated rings. The normalized spacial score (nSPS) is 15.8. The Balaban J connectivity index is 3.22. The van der Waals surface area contributed by atoms with Crippen molar-refractivity contribution in [2.24, 2.45) is 17.6 Å². The highest BCUT2D eigenvalue weighted by molar-refractivity contribution is 5.75. The molecule has 0 saturated heterocycles. The number of nitrogens with two attached hydrogens (primary N) is 1. The predicted molar refractivity (Wildman–Crippen MR) is 110 cm³/mol. The maximum atomic E-state index is 11.8. The number of ether oxygens (including phenoxy) is 1. The van der Waals surface area contributed by atoms with Crippen LogP contribution in [-0.4, -0.2) is 23.6 Å². The van der Waals surface area contributed by atoms with Crippen molar-refractivity contribution in [3.63, 3.8) is 0 Å². The summed E-state index contributed by atoms with van der Waals surface area (Å²) >= 11 is 0. The van der Waals surface area contributed by atoms with Gasteiger partial charge in [0.2, 0.25) is 5.72 Å². The minimum atomic E-state index is -1.78. The number of hydrogen-bond donors (Lipinski definition) is 1. The summed E-state index contributed by atoms with van der Waals surface area (Å²) in [6, 6.07) is 8.36. The van der Waals surface area contributed by atoms with E-state index in [0.717, 1.165) is 5.56 Å². The van der Waals surface area contributed by atoms with Crippen LogP contribution in [0.2, 0.25) is 0 Å². The second-order valence-corrected chi connectivity index (χ2v) is 9.64. The van der Waals surface area contributed by atoms with Crippen LogP contribution in [0.25, 0.3) is 0 Å². The highest BCUT2D eigenvalue weighted by Gasteiger charge is 2.41. The lowest BCUT2D eigenvalue weighted by Crippen LogP contribution is -2.53. The number of aldehydes is 1. The van der Waals surface area contributed by atoms with E-state index in [-0.39, 0.29) is 22.8 Å². The minimum Gasteiger partial charge on any atom is -0.344 e. The summed E-state index contributed by atoms with van der Waals surface area (Å²) in [4.78, 5) is 23.6. The summed E-state index contributed by atoms with van der Waals surface area (Å²) in [6.07, 6.45) is 1.10. The van der Waals surface area contributed by atoms with E-state index in [0.29, 0.717) is 12.7 Å². The lowest BCUT2D eigenvalue weighted by Gasteiger charge is -2.36. The van der Waals surface area contributed by atoms with Crippen molar-refractivity contribution in [1.82, 2.24) is 0 Å². The molecule has 1 aromatic rings. The predicted octanol–water partition coefficient (Wildman–Crippen LogP) is 4.23. The molecular weight excluding hydrogens is 338 g/mol. The Bertz CT molecular complexity index is 686. The van der Waals surface area contributed by atoms with E-state index in [1.165, 1.54) is 5.56 Å². The highest BCUT2D eigenvalue weighted by atomic mass is 16.5. The molecule has 1 rings (SSSR count). The molecule has 0 unspecified atom stereocenters. The molecule has 0 heterocycles. The molecule has 4 nitrogen and oxygen atoms in total. The first-order chi connectivity index (χ1) is 12.2. The van der Waals surface area contributed by atoms with Crippen LogP contribution < -0.4 is 5.73 Å². The Labute approximate surface area is 164 Å². The Morgan fingerprint density at radius 1 is 1.11 bits per heavy atom. The van der Waals surface area contributed by atoms with Gasteiger partial charge in [-0.2, -0.15) is 0 Å². The fourth-order valence-electron chi connectivity index (χ4n) is 3.16. The zero-order chi connectivity index (χ0) is 21.0. The summed E-state index contributed by atoms with van der Waals surface area (Å²) in [5.74, 6) is 1.78. The molecule has 0 aliphatic heterocycles. The summed E-state index contributed by atoms with van der Waals surface area (Å²) in [5, 5.41) is 0. The Morgan fingerprint density at radius 3 is 1.96 bits per heavy atom. The highest BCUT2D eigenvalue weighted by Crippen LogP contribution is 2.32. The molecule has 150 valence electrons. The van der Waals surface area contributed by atoms with Gasteiger partial charge in [-0.15, -0.1) is 0 Å². The molecule has 27 heavy (non-hydrogen) atoms. The quantitative estimate of drug-likeness (QED) is 0.441. The third-order valence-corrected chi connectivity index (χ3v) is 4.63. The summed E-state index contributed by atoms with van der Waals surface area (Å²) in [5.41, 5.74) is 6.35. The third-order valence-electron chi connectivity index (χ3n) is 4.63. The van der Waals surface area contributed by atoms with Crippen molar-refractivity contribution < 1.29 is 14.3 Å². The van der Waals surface area contributed by atoms with Crippen molar-refractivity contribution in [3.8, 4) is 0 Å². The van der Waals surface area contributed by atoms with Crippen LogP contribution in [0.1, 0.15) is 66.5 Å². The molecule has 0 aromatic heterocycles. The van der Waals surface area contributed by atoms with Crippen LogP contribution in [0.15, 0.2) is 29.8 Å². The van der Waals surface area contributed by atoms with Gasteiger partial charge in [-0.05, 0) is 49.7 Å². The fourth-order valence-corrected chi connectivity index (χ4v) is 3.16. The molecule has 0 aliphatic rings. The average molecular weight is 374 g/mol. The molecule has 0 amide bonds. The van der Waals surface area contributed by atoms with Crippen molar-refractivity contribution >= 4 is 12.2 Å². The molecule has 4 heteroatoms. The van der Waals surface area contributed by atoms with Gasteiger partial charge in [-0.25, -0.2) is 4.79 Å². The summed E-state index contributed by atoms with van der Waals surface area (Å²) in [6.45, 7) is 15.9. The number of carbonyl (C=O) groups is 1. The van der Waals surface area contributed by atoms with Gasteiger partial charge in [0, 0.05) is 5.92 Å². The van der Waals surface area contributed by atoms with Crippen molar-refractivity contribution in [2.45, 2.75) is 78.6 Å². The summed E-state index contributed by atoms with van der Waals surface area (Å²) < 4.78 is 5.77. The van der Waals surface area contributed by atoms with E-state index < -0.39 is 11.3 Å². The first kappa shape index (κ1) is 23.3. The summed E-state index contributed by atoms with van der Waals surface area (Å²) in [7, 11) is 0. The van der Waals surface area contributed by atoms with Gasteiger partial charge >= 0.3 is 0 Å². The largest absolute Gasteiger partial charge is 0.344 e. The SMILES string of the molecule is CC(C)[C@H](Cc1ccc(C(C)(C)C)cc1)C(=C=O)[C@@](N)(C=O)OC(C)(C)C. The molecule has 0 bridgehead atoms. The van der Waals surface area contributed by atoms with Crippen LogP contribution in [0.5, 0.6) is 0 Å². The first-order valence-corrected chi connectivity index (χ1v) is 9.54. The molecule has 0 spiro atoms. The van der Waals surface area contributed by atoms with Crippen LogP contribution >= 0.6 is 0 Å². The topological polar surface area (TPSA) is 69.4 Å². The van der Waals surface area contributed by atoms with E-state index >= 15 is 0 Å². The van der Waals surface area contributed by atoms with Gasteiger partial charge in [0.1, 0.15) is 5.94 Å². The lowest BCUT2D eigenvalue weighted by molar-refractivity contribution is -0.144. The van der Waals surface area contributed by atoms with E-state index in [1.54, 1.807) is 20.8 Å². The van der Waals surface area contributed by atoms with E-state index in [9.17, 15) is 9.59 Å². The zero-order valence-electron chi connectivity index (χ0n) is 18.1. The average Bonchev–Trinajstić information content (AvgIpc) is 2.52. The molecule has 0 saturated carbocycles. The third kappa shape index (κ3) is 6.42. The standard InChI is InChI=1S/C23H35NO3/c1-16(2)19(13-17-9-11-18(12-10-17)21(3,4)5)20(14-25)23(24,15-26)27-22(6,7)8/h9-12,15-16,19H,13,24H2,1-8H3/t19-,23+/m0/s1. The molecular formula is C23H35NO3.